The maximum atomic E-state index is 9.18. The number of nitriles is 1. The van der Waals surface area contributed by atoms with E-state index in [9.17, 15) is 5.26 Å². The van der Waals surface area contributed by atoms with E-state index in [4.69, 9.17) is 0 Å². The summed E-state index contributed by atoms with van der Waals surface area (Å²) in [6.07, 6.45) is 5.25. The Morgan fingerprint density at radius 2 is 1.86 bits per heavy atom. The summed E-state index contributed by atoms with van der Waals surface area (Å²) in [4.78, 5) is 6.64. The third kappa shape index (κ3) is 3.22. The van der Waals surface area contributed by atoms with Crippen LogP contribution < -0.4 is 4.90 Å². The Hall–Kier alpha value is -2.34. The van der Waals surface area contributed by atoms with E-state index < -0.39 is 0 Å². The molecule has 0 amide bonds. The molecule has 0 spiro atoms. The van der Waals surface area contributed by atoms with Crippen LogP contribution in [0.25, 0.3) is 0 Å². The molecule has 0 atom stereocenters. The van der Waals surface area contributed by atoms with Crippen LogP contribution in [0, 0.1) is 17.2 Å². The maximum absolute atomic E-state index is 9.18. The first-order valence-electron chi connectivity index (χ1n) is 7.51. The average molecular weight is 277 g/mol. The molecule has 1 aliphatic rings. The van der Waals surface area contributed by atoms with Gasteiger partial charge in [-0.15, -0.1) is 0 Å². The van der Waals surface area contributed by atoms with Crippen molar-refractivity contribution in [2.75, 3.05) is 18.0 Å². The van der Waals surface area contributed by atoms with Gasteiger partial charge in [0.15, 0.2) is 0 Å². The van der Waals surface area contributed by atoms with Crippen molar-refractivity contribution in [1.29, 1.82) is 5.26 Å². The van der Waals surface area contributed by atoms with Crippen molar-refractivity contribution in [1.82, 2.24) is 4.98 Å². The van der Waals surface area contributed by atoms with Crippen molar-refractivity contribution >= 4 is 5.82 Å². The average Bonchev–Trinajstić information content (AvgIpc) is 2.56. The molecule has 1 fully saturated rings. The highest BCUT2D eigenvalue weighted by Gasteiger charge is 2.21. The zero-order chi connectivity index (χ0) is 14.5. The predicted molar refractivity (Wildman–Crippen MR) is 84.0 cm³/mol. The summed E-state index contributed by atoms with van der Waals surface area (Å²) in [5.41, 5.74) is 2.10. The van der Waals surface area contributed by atoms with Gasteiger partial charge in [0.25, 0.3) is 0 Å². The molecule has 3 nitrogen and oxygen atoms in total. The zero-order valence-corrected chi connectivity index (χ0v) is 12.1. The standard InChI is InChI=1S/C18H19N3/c19-14-17-7-4-10-20-18(17)21-11-8-16(9-12-21)13-15-5-2-1-3-6-15/h1-7,10,16H,8-9,11-13H2. The molecule has 0 bridgehead atoms. The number of hydrogen-bond acceptors (Lipinski definition) is 3. The van der Waals surface area contributed by atoms with Crippen molar-refractivity contribution in [3.05, 3.63) is 59.8 Å². The maximum Gasteiger partial charge on any atom is 0.146 e. The molecular weight excluding hydrogens is 258 g/mol. The van der Waals surface area contributed by atoms with Gasteiger partial charge < -0.3 is 4.90 Å². The van der Waals surface area contributed by atoms with Gasteiger partial charge in [-0.2, -0.15) is 5.26 Å². The minimum absolute atomic E-state index is 0.680. The number of aromatic nitrogens is 1. The lowest BCUT2D eigenvalue weighted by Gasteiger charge is -2.33. The van der Waals surface area contributed by atoms with E-state index in [1.165, 1.54) is 5.56 Å². The molecule has 0 unspecified atom stereocenters. The fourth-order valence-corrected chi connectivity index (χ4v) is 3.03. The second-order valence-electron chi connectivity index (χ2n) is 5.61. The van der Waals surface area contributed by atoms with Crippen LogP contribution in [0.15, 0.2) is 48.7 Å². The summed E-state index contributed by atoms with van der Waals surface area (Å²) in [5, 5.41) is 9.18. The molecule has 3 heteroatoms. The summed E-state index contributed by atoms with van der Waals surface area (Å²) in [6.45, 7) is 1.98. The van der Waals surface area contributed by atoms with Crippen molar-refractivity contribution in [2.45, 2.75) is 19.3 Å². The molecule has 1 saturated heterocycles. The lowest BCUT2D eigenvalue weighted by molar-refractivity contribution is 0.402. The minimum Gasteiger partial charge on any atom is -0.356 e. The summed E-state index contributed by atoms with van der Waals surface area (Å²) in [7, 11) is 0. The third-order valence-electron chi connectivity index (χ3n) is 4.19. The molecule has 2 aromatic rings. The van der Waals surface area contributed by atoms with E-state index >= 15 is 0 Å². The molecule has 0 aliphatic carbocycles. The highest BCUT2D eigenvalue weighted by Crippen LogP contribution is 2.26. The van der Waals surface area contributed by atoms with E-state index in [1.807, 2.05) is 12.1 Å². The summed E-state index contributed by atoms with van der Waals surface area (Å²) < 4.78 is 0. The lowest BCUT2D eigenvalue weighted by Crippen LogP contribution is -2.35. The smallest absolute Gasteiger partial charge is 0.146 e. The van der Waals surface area contributed by atoms with Gasteiger partial charge >= 0.3 is 0 Å². The molecule has 106 valence electrons. The first-order chi connectivity index (χ1) is 10.4. The van der Waals surface area contributed by atoms with Crippen LogP contribution in [-0.4, -0.2) is 18.1 Å². The van der Waals surface area contributed by atoms with Crippen LogP contribution in [0.2, 0.25) is 0 Å². The van der Waals surface area contributed by atoms with Crippen molar-refractivity contribution < 1.29 is 0 Å². The van der Waals surface area contributed by atoms with Gasteiger partial charge in [0.2, 0.25) is 0 Å². The summed E-state index contributed by atoms with van der Waals surface area (Å²) >= 11 is 0. The molecule has 0 radical (unpaired) electrons. The van der Waals surface area contributed by atoms with E-state index in [0.29, 0.717) is 5.56 Å². The number of benzene rings is 1. The normalized spacial score (nSPS) is 15.7. The van der Waals surface area contributed by atoms with Gasteiger partial charge in [-0.3, -0.25) is 0 Å². The molecule has 1 aromatic carbocycles. The van der Waals surface area contributed by atoms with E-state index in [-0.39, 0.29) is 0 Å². The zero-order valence-electron chi connectivity index (χ0n) is 12.1. The predicted octanol–water partition coefficient (Wildman–Crippen LogP) is 3.41. The van der Waals surface area contributed by atoms with Crippen molar-refractivity contribution in [3.8, 4) is 6.07 Å². The Morgan fingerprint density at radius 3 is 2.57 bits per heavy atom. The van der Waals surface area contributed by atoms with Crippen LogP contribution in [-0.2, 0) is 6.42 Å². The molecule has 2 heterocycles. The molecular formula is C18H19N3. The van der Waals surface area contributed by atoms with E-state index in [0.717, 1.165) is 44.1 Å². The molecule has 21 heavy (non-hydrogen) atoms. The monoisotopic (exact) mass is 277 g/mol. The summed E-state index contributed by atoms with van der Waals surface area (Å²) in [5.74, 6) is 1.58. The fourth-order valence-electron chi connectivity index (χ4n) is 3.03. The van der Waals surface area contributed by atoms with Gasteiger partial charge in [-0.25, -0.2) is 4.98 Å². The SMILES string of the molecule is N#Cc1cccnc1N1CCC(Cc2ccccc2)CC1. The Morgan fingerprint density at radius 1 is 1.10 bits per heavy atom. The van der Waals surface area contributed by atoms with Crippen LogP contribution in [0.1, 0.15) is 24.0 Å². The Kier molecular flexibility index (Phi) is 4.16. The van der Waals surface area contributed by atoms with Crippen LogP contribution in [0.3, 0.4) is 0 Å². The second-order valence-corrected chi connectivity index (χ2v) is 5.61. The highest BCUT2D eigenvalue weighted by molar-refractivity contribution is 5.53. The van der Waals surface area contributed by atoms with E-state index in [1.54, 1.807) is 6.20 Å². The number of nitrogens with zero attached hydrogens (tertiary/aromatic N) is 3. The molecule has 3 rings (SSSR count). The van der Waals surface area contributed by atoms with Crippen LogP contribution in [0.5, 0.6) is 0 Å². The largest absolute Gasteiger partial charge is 0.356 e. The van der Waals surface area contributed by atoms with Gasteiger partial charge in [-0.1, -0.05) is 30.3 Å². The number of pyridine rings is 1. The first kappa shape index (κ1) is 13.6. The summed E-state index contributed by atoms with van der Waals surface area (Å²) in [6, 6.07) is 16.6. The van der Waals surface area contributed by atoms with Crippen LogP contribution in [0.4, 0.5) is 5.82 Å². The minimum atomic E-state index is 0.680. The number of piperidine rings is 1. The molecule has 1 aromatic heterocycles. The Balaban J connectivity index is 1.62. The van der Waals surface area contributed by atoms with E-state index in [2.05, 4.69) is 46.3 Å². The molecule has 1 aliphatic heterocycles. The topological polar surface area (TPSA) is 39.9 Å². The highest BCUT2D eigenvalue weighted by atomic mass is 15.2. The molecule has 0 saturated carbocycles. The van der Waals surface area contributed by atoms with Gasteiger partial charge in [0.1, 0.15) is 11.9 Å². The Labute approximate surface area is 125 Å². The van der Waals surface area contributed by atoms with Crippen molar-refractivity contribution in [2.24, 2.45) is 5.92 Å². The van der Waals surface area contributed by atoms with Crippen LogP contribution >= 0.6 is 0 Å². The lowest BCUT2D eigenvalue weighted by atomic mass is 9.90. The van der Waals surface area contributed by atoms with Gasteiger partial charge in [-0.05, 0) is 42.9 Å². The number of hydrogen-bond donors (Lipinski definition) is 0. The third-order valence-corrected chi connectivity index (χ3v) is 4.19. The first-order valence-corrected chi connectivity index (χ1v) is 7.51. The Bertz CT molecular complexity index is 622. The fraction of sp³-hybridized carbons (Fsp3) is 0.333. The second kappa shape index (κ2) is 6.41. The van der Waals surface area contributed by atoms with Gasteiger partial charge in [0.05, 0.1) is 5.56 Å². The number of rotatable bonds is 3. The quantitative estimate of drug-likeness (QED) is 0.863. The van der Waals surface area contributed by atoms with Crippen molar-refractivity contribution in [3.63, 3.8) is 0 Å². The molecule has 0 N–H and O–H groups in total. The number of anilines is 1. The van der Waals surface area contributed by atoms with Gasteiger partial charge in [0, 0.05) is 19.3 Å².